The summed E-state index contributed by atoms with van der Waals surface area (Å²) in [4.78, 5) is 16.0. The lowest BCUT2D eigenvalue weighted by molar-refractivity contribution is -0.384. The summed E-state index contributed by atoms with van der Waals surface area (Å²) in [6.07, 6.45) is 0.951. The third-order valence-corrected chi connectivity index (χ3v) is 4.24. The molecule has 0 aliphatic heterocycles. The molecule has 2 rings (SSSR count). The number of halogens is 1. The van der Waals surface area contributed by atoms with Gasteiger partial charge >= 0.3 is 0 Å². The van der Waals surface area contributed by atoms with Crippen molar-refractivity contribution in [2.75, 3.05) is 32.0 Å². The van der Waals surface area contributed by atoms with E-state index in [9.17, 15) is 10.1 Å². The number of rotatable bonds is 8. The van der Waals surface area contributed by atoms with Crippen molar-refractivity contribution in [3.05, 3.63) is 56.8 Å². The summed E-state index contributed by atoms with van der Waals surface area (Å²) in [5.41, 5.74) is 0.598. The Morgan fingerprint density at radius 1 is 1.16 bits per heavy atom. The van der Waals surface area contributed by atoms with Crippen molar-refractivity contribution >= 4 is 52.6 Å². The number of hydrogen-bond donors (Lipinski definition) is 3. The first-order valence-corrected chi connectivity index (χ1v) is 8.53. The highest BCUT2D eigenvalue weighted by molar-refractivity contribution is 14.0. The fraction of sp³-hybridized carbons (Fsp3) is 0.312. The van der Waals surface area contributed by atoms with E-state index in [-0.39, 0.29) is 34.6 Å². The molecule has 1 aromatic heterocycles. The van der Waals surface area contributed by atoms with Crippen molar-refractivity contribution < 1.29 is 4.92 Å². The lowest BCUT2D eigenvalue weighted by atomic mass is 10.2. The minimum absolute atomic E-state index is 0. The zero-order chi connectivity index (χ0) is 17.2. The number of nitro benzene ring substituents is 1. The van der Waals surface area contributed by atoms with E-state index in [1.165, 1.54) is 10.9 Å². The Kier molecular flexibility index (Phi) is 9.85. The monoisotopic (exact) mass is 475 g/mol. The molecule has 3 N–H and O–H groups in total. The van der Waals surface area contributed by atoms with Crippen LogP contribution in [0.2, 0.25) is 0 Å². The summed E-state index contributed by atoms with van der Waals surface area (Å²) in [5, 5.41) is 22.5. The molecule has 0 saturated heterocycles. The Morgan fingerprint density at radius 2 is 1.92 bits per heavy atom. The van der Waals surface area contributed by atoms with Gasteiger partial charge in [-0.25, -0.2) is 0 Å². The van der Waals surface area contributed by atoms with Gasteiger partial charge in [-0.3, -0.25) is 15.1 Å². The Balaban J connectivity index is 0.00000312. The maximum atomic E-state index is 10.9. The normalized spacial score (nSPS) is 10.7. The van der Waals surface area contributed by atoms with Crippen LogP contribution in [0, 0.1) is 10.1 Å². The molecule has 1 heterocycles. The molecule has 0 spiro atoms. The second-order valence-electron chi connectivity index (χ2n) is 4.96. The van der Waals surface area contributed by atoms with Crippen LogP contribution in [0.1, 0.15) is 4.88 Å². The number of hydrogen-bond acceptors (Lipinski definition) is 5. The summed E-state index contributed by atoms with van der Waals surface area (Å²) in [6.45, 7) is 1.96. The van der Waals surface area contributed by atoms with Gasteiger partial charge in [-0.05, 0) is 23.9 Å². The van der Waals surface area contributed by atoms with Crippen molar-refractivity contribution in [1.82, 2.24) is 10.6 Å². The summed E-state index contributed by atoms with van der Waals surface area (Å²) in [5.74, 6) is 0.718. The Morgan fingerprint density at radius 3 is 2.60 bits per heavy atom. The molecule has 0 amide bonds. The third kappa shape index (κ3) is 7.26. The molecule has 0 atom stereocenters. The molecule has 0 radical (unpaired) electrons. The van der Waals surface area contributed by atoms with E-state index < -0.39 is 0 Å². The molecule has 0 aliphatic rings. The van der Waals surface area contributed by atoms with Gasteiger partial charge in [0.1, 0.15) is 5.69 Å². The quantitative estimate of drug-likeness (QED) is 0.136. The zero-order valence-electron chi connectivity index (χ0n) is 13.9. The predicted molar refractivity (Wildman–Crippen MR) is 114 cm³/mol. The summed E-state index contributed by atoms with van der Waals surface area (Å²) in [6, 6.07) is 10.8. The van der Waals surface area contributed by atoms with Gasteiger partial charge in [0.15, 0.2) is 5.96 Å². The van der Waals surface area contributed by atoms with Crippen LogP contribution in [-0.4, -0.2) is 37.6 Å². The average molecular weight is 475 g/mol. The molecule has 1 aromatic carbocycles. The van der Waals surface area contributed by atoms with Crippen molar-refractivity contribution in [3.8, 4) is 0 Å². The first-order valence-electron chi connectivity index (χ1n) is 7.65. The van der Waals surface area contributed by atoms with Crippen LogP contribution in [0.25, 0.3) is 0 Å². The second-order valence-corrected chi connectivity index (χ2v) is 5.99. The standard InChI is InChI=1S/C16H21N5O2S.HI/c1-17-16(19-9-8-13-5-4-12-24-13)20-11-10-18-14-6-2-3-7-15(14)21(22)23;/h2-7,12,18H,8-11H2,1H3,(H2,17,19,20);1H. The first kappa shape index (κ1) is 21.2. The highest BCUT2D eigenvalue weighted by atomic mass is 127. The average Bonchev–Trinajstić information content (AvgIpc) is 3.10. The zero-order valence-corrected chi connectivity index (χ0v) is 17.0. The summed E-state index contributed by atoms with van der Waals surface area (Å²) < 4.78 is 0. The third-order valence-electron chi connectivity index (χ3n) is 3.30. The van der Waals surface area contributed by atoms with Gasteiger partial charge in [-0.15, -0.1) is 35.3 Å². The molecule has 0 unspecified atom stereocenters. The molecule has 7 nitrogen and oxygen atoms in total. The van der Waals surface area contributed by atoms with Gasteiger partial charge in [0.2, 0.25) is 0 Å². The number of para-hydroxylation sites is 2. The van der Waals surface area contributed by atoms with Gasteiger partial charge < -0.3 is 16.0 Å². The van der Waals surface area contributed by atoms with Crippen molar-refractivity contribution in [2.24, 2.45) is 4.99 Å². The van der Waals surface area contributed by atoms with E-state index in [0.29, 0.717) is 18.8 Å². The van der Waals surface area contributed by atoms with Crippen LogP contribution < -0.4 is 16.0 Å². The minimum atomic E-state index is -0.388. The Labute approximate surface area is 168 Å². The fourth-order valence-corrected chi connectivity index (χ4v) is 2.85. The van der Waals surface area contributed by atoms with Crippen molar-refractivity contribution in [2.45, 2.75) is 6.42 Å². The number of nitro groups is 1. The van der Waals surface area contributed by atoms with E-state index >= 15 is 0 Å². The van der Waals surface area contributed by atoms with Crippen LogP contribution >= 0.6 is 35.3 Å². The fourth-order valence-electron chi connectivity index (χ4n) is 2.14. The van der Waals surface area contributed by atoms with Crippen LogP contribution in [0.4, 0.5) is 11.4 Å². The van der Waals surface area contributed by atoms with Crippen LogP contribution in [-0.2, 0) is 6.42 Å². The molecule has 0 aliphatic carbocycles. The Bertz CT molecular complexity index is 679. The highest BCUT2D eigenvalue weighted by Crippen LogP contribution is 2.22. The Hall–Kier alpha value is -1.88. The molecule has 9 heteroatoms. The number of thiophene rings is 1. The number of aliphatic imine (C=N–C) groups is 1. The smallest absolute Gasteiger partial charge is 0.292 e. The van der Waals surface area contributed by atoms with Gasteiger partial charge in [0.05, 0.1) is 4.92 Å². The molecule has 0 saturated carbocycles. The summed E-state index contributed by atoms with van der Waals surface area (Å²) in [7, 11) is 1.72. The van der Waals surface area contributed by atoms with E-state index in [4.69, 9.17) is 0 Å². The molecule has 0 fully saturated rings. The van der Waals surface area contributed by atoms with Crippen LogP contribution in [0.15, 0.2) is 46.8 Å². The van der Waals surface area contributed by atoms with E-state index in [0.717, 1.165) is 18.9 Å². The second kappa shape index (κ2) is 11.6. The van der Waals surface area contributed by atoms with Crippen molar-refractivity contribution in [1.29, 1.82) is 0 Å². The molecule has 0 bridgehead atoms. The minimum Gasteiger partial charge on any atom is -0.378 e. The number of nitrogens with one attached hydrogen (secondary N) is 3. The number of anilines is 1. The van der Waals surface area contributed by atoms with Gasteiger partial charge in [-0.1, -0.05) is 18.2 Å². The number of nitrogens with zero attached hydrogens (tertiary/aromatic N) is 2. The molecular formula is C16H22IN5O2S. The number of guanidine groups is 1. The topological polar surface area (TPSA) is 91.6 Å². The maximum absolute atomic E-state index is 10.9. The van der Waals surface area contributed by atoms with Crippen LogP contribution in [0.3, 0.4) is 0 Å². The largest absolute Gasteiger partial charge is 0.378 e. The number of benzene rings is 1. The predicted octanol–water partition coefficient (Wildman–Crippen LogP) is 3.09. The van der Waals surface area contributed by atoms with Gasteiger partial charge in [-0.2, -0.15) is 0 Å². The lowest BCUT2D eigenvalue weighted by Crippen LogP contribution is -2.40. The highest BCUT2D eigenvalue weighted by Gasteiger charge is 2.11. The van der Waals surface area contributed by atoms with E-state index in [2.05, 4.69) is 32.4 Å². The van der Waals surface area contributed by atoms with E-state index in [1.807, 2.05) is 6.07 Å². The molecular weight excluding hydrogens is 453 g/mol. The van der Waals surface area contributed by atoms with Gasteiger partial charge in [0.25, 0.3) is 5.69 Å². The van der Waals surface area contributed by atoms with Gasteiger partial charge in [0, 0.05) is 37.6 Å². The van der Waals surface area contributed by atoms with Crippen LogP contribution in [0.5, 0.6) is 0 Å². The summed E-state index contributed by atoms with van der Waals surface area (Å²) >= 11 is 1.74. The molecule has 2 aromatic rings. The first-order chi connectivity index (χ1) is 11.7. The van der Waals surface area contributed by atoms with Crippen molar-refractivity contribution in [3.63, 3.8) is 0 Å². The van der Waals surface area contributed by atoms with E-state index in [1.54, 1.807) is 36.6 Å². The molecule has 136 valence electrons. The molecule has 25 heavy (non-hydrogen) atoms. The lowest BCUT2D eigenvalue weighted by Gasteiger charge is -2.12. The maximum Gasteiger partial charge on any atom is 0.292 e. The SMILES string of the molecule is CN=C(NCCNc1ccccc1[N+](=O)[O-])NCCc1cccs1.I.